The van der Waals surface area contributed by atoms with Gasteiger partial charge in [0, 0.05) is 12.4 Å². The van der Waals surface area contributed by atoms with Crippen LogP contribution in [-0.4, -0.2) is 24.8 Å². The first-order valence-electron chi connectivity index (χ1n) is 6.28. The Balaban J connectivity index is 2.12. The molecule has 0 saturated heterocycles. The zero-order valence-corrected chi connectivity index (χ0v) is 13.5. The number of aromatic nitrogens is 1. The quantitative estimate of drug-likeness (QED) is 0.853. The van der Waals surface area contributed by atoms with E-state index in [4.69, 9.17) is 0 Å². The number of benzene rings is 1. The lowest BCUT2D eigenvalue weighted by Crippen LogP contribution is -2.28. The van der Waals surface area contributed by atoms with Crippen molar-refractivity contribution in [2.45, 2.75) is 26.1 Å². The predicted molar refractivity (Wildman–Crippen MR) is 82.1 cm³/mol. The van der Waals surface area contributed by atoms with Gasteiger partial charge in [-0.25, -0.2) is 13.4 Å². The van der Waals surface area contributed by atoms with Gasteiger partial charge < -0.3 is 0 Å². The van der Waals surface area contributed by atoms with Crippen molar-refractivity contribution in [3.63, 3.8) is 0 Å². The van der Waals surface area contributed by atoms with Crippen molar-refractivity contribution in [1.82, 2.24) is 9.29 Å². The van der Waals surface area contributed by atoms with E-state index < -0.39 is 10.0 Å². The molecule has 1 heterocycles. The molecule has 0 fully saturated rings. The largest absolute Gasteiger partial charge is 0.245 e. The second-order valence-electron chi connectivity index (χ2n) is 4.80. The van der Waals surface area contributed by atoms with E-state index in [2.05, 4.69) is 4.98 Å². The van der Waals surface area contributed by atoms with Crippen LogP contribution in [0.5, 0.6) is 0 Å². The maximum Gasteiger partial charge on any atom is 0.218 e. The Morgan fingerprint density at radius 3 is 2.55 bits per heavy atom. The molecule has 0 aliphatic rings. The van der Waals surface area contributed by atoms with Gasteiger partial charge in [-0.05, 0) is 25.0 Å². The summed E-state index contributed by atoms with van der Waals surface area (Å²) in [5, 5.41) is 2.85. The van der Waals surface area contributed by atoms with Gasteiger partial charge in [-0.1, -0.05) is 24.3 Å². The summed E-state index contributed by atoms with van der Waals surface area (Å²) in [6.07, 6.45) is 0. The van der Waals surface area contributed by atoms with Crippen LogP contribution in [0.1, 0.15) is 21.8 Å². The normalized spacial score (nSPS) is 12.0. The molecule has 0 spiro atoms. The van der Waals surface area contributed by atoms with E-state index in [1.54, 1.807) is 7.05 Å². The summed E-state index contributed by atoms with van der Waals surface area (Å²) in [7, 11) is -1.73. The molecule has 0 amide bonds. The molecule has 6 heteroatoms. The van der Waals surface area contributed by atoms with Crippen molar-refractivity contribution >= 4 is 21.4 Å². The molecular formula is C14H18N2O2S2. The Labute approximate surface area is 124 Å². The van der Waals surface area contributed by atoms with Gasteiger partial charge in [-0.2, -0.15) is 4.31 Å². The van der Waals surface area contributed by atoms with Gasteiger partial charge in [0.2, 0.25) is 10.0 Å². The number of hydrogen-bond acceptors (Lipinski definition) is 4. The lowest BCUT2D eigenvalue weighted by Gasteiger charge is -2.16. The molecule has 2 aromatic rings. The van der Waals surface area contributed by atoms with Crippen LogP contribution in [-0.2, 0) is 22.3 Å². The van der Waals surface area contributed by atoms with Gasteiger partial charge in [0.05, 0.1) is 23.0 Å². The molecule has 0 atom stereocenters. The van der Waals surface area contributed by atoms with E-state index in [1.165, 1.54) is 15.6 Å². The molecule has 2 rings (SSSR count). The highest BCUT2D eigenvalue weighted by molar-refractivity contribution is 7.88. The Bertz CT molecular complexity index is 693. The zero-order valence-electron chi connectivity index (χ0n) is 11.8. The zero-order chi connectivity index (χ0) is 14.8. The molecule has 108 valence electrons. The van der Waals surface area contributed by atoms with Crippen molar-refractivity contribution in [3.8, 4) is 0 Å². The molecule has 0 aliphatic carbocycles. The van der Waals surface area contributed by atoms with E-state index >= 15 is 0 Å². The van der Waals surface area contributed by atoms with Crippen molar-refractivity contribution in [1.29, 1.82) is 0 Å². The second kappa shape index (κ2) is 6.03. The number of aryl methyl sites for hydroxylation is 2. The van der Waals surface area contributed by atoms with Crippen LogP contribution >= 0.6 is 11.3 Å². The molecule has 0 N–H and O–H groups in total. The van der Waals surface area contributed by atoms with Crippen molar-refractivity contribution in [2.75, 3.05) is 7.05 Å². The van der Waals surface area contributed by atoms with E-state index in [1.807, 2.05) is 43.5 Å². The van der Waals surface area contributed by atoms with Gasteiger partial charge in [0.25, 0.3) is 0 Å². The van der Waals surface area contributed by atoms with Gasteiger partial charge in [0.1, 0.15) is 0 Å². The molecule has 0 radical (unpaired) electrons. The molecule has 0 bridgehead atoms. The van der Waals surface area contributed by atoms with Crippen LogP contribution in [0.15, 0.2) is 29.6 Å². The first kappa shape index (κ1) is 15.2. The molecule has 20 heavy (non-hydrogen) atoms. The topological polar surface area (TPSA) is 50.3 Å². The summed E-state index contributed by atoms with van der Waals surface area (Å²) in [5.41, 5.74) is 2.63. The lowest BCUT2D eigenvalue weighted by atomic mass is 10.1. The summed E-state index contributed by atoms with van der Waals surface area (Å²) in [5.74, 6) is 0.0271. The minimum absolute atomic E-state index is 0.0271. The standard InChI is InChI=1S/C14H18N2O2S2/c1-11-6-4-5-7-13(11)10-20(17,18)16(3)8-14-9-19-12(2)15-14/h4-7,9H,8,10H2,1-3H3. The first-order valence-corrected chi connectivity index (χ1v) is 8.77. The van der Waals surface area contributed by atoms with Crippen LogP contribution in [0.2, 0.25) is 0 Å². The van der Waals surface area contributed by atoms with E-state index in [-0.39, 0.29) is 5.75 Å². The highest BCUT2D eigenvalue weighted by Crippen LogP contribution is 2.16. The minimum Gasteiger partial charge on any atom is -0.245 e. The highest BCUT2D eigenvalue weighted by atomic mass is 32.2. The summed E-state index contributed by atoms with van der Waals surface area (Å²) >= 11 is 1.53. The van der Waals surface area contributed by atoms with Gasteiger partial charge in [-0.15, -0.1) is 11.3 Å². The average molecular weight is 310 g/mol. The number of rotatable bonds is 5. The third-order valence-electron chi connectivity index (χ3n) is 3.13. The monoisotopic (exact) mass is 310 g/mol. The average Bonchev–Trinajstić information content (AvgIpc) is 2.77. The molecule has 0 saturated carbocycles. The lowest BCUT2D eigenvalue weighted by molar-refractivity contribution is 0.462. The molecular weight excluding hydrogens is 292 g/mol. The van der Waals surface area contributed by atoms with E-state index in [0.29, 0.717) is 6.54 Å². The Morgan fingerprint density at radius 2 is 1.95 bits per heavy atom. The van der Waals surface area contributed by atoms with Gasteiger partial charge in [0.15, 0.2) is 0 Å². The first-order chi connectivity index (χ1) is 9.38. The Morgan fingerprint density at radius 1 is 1.25 bits per heavy atom. The fourth-order valence-corrected chi connectivity index (χ4v) is 3.76. The van der Waals surface area contributed by atoms with Crippen LogP contribution < -0.4 is 0 Å². The van der Waals surface area contributed by atoms with Gasteiger partial charge in [-0.3, -0.25) is 0 Å². The van der Waals surface area contributed by atoms with Crippen LogP contribution in [0, 0.1) is 13.8 Å². The third kappa shape index (κ3) is 3.65. The highest BCUT2D eigenvalue weighted by Gasteiger charge is 2.20. The van der Waals surface area contributed by atoms with Crippen LogP contribution in [0.3, 0.4) is 0 Å². The minimum atomic E-state index is -3.33. The summed E-state index contributed by atoms with van der Waals surface area (Å²) in [6, 6.07) is 7.55. The summed E-state index contributed by atoms with van der Waals surface area (Å²) in [4.78, 5) is 4.30. The molecule has 1 aromatic heterocycles. The number of hydrogen-bond donors (Lipinski definition) is 0. The Kier molecular flexibility index (Phi) is 4.57. The molecule has 1 aromatic carbocycles. The van der Waals surface area contributed by atoms with Crippen molar-refractivity contribution in [3.05, 3.63) is 51.5 Å². The maximum absolute atomic E-state index is 12.4. The number of thiazole rings is 1. The predicted octanol–water partition coefficient (Wildman–Crippen LogP) is 2.72. The maximum atomic E-state index is 12.4. The molecule has 4 nitrogen and oxygen atoms in total. The molecule has 0 aliphatic heterocycles. The summed E-state index contributed by atoms with van der Waals surface area (Å²) in [6.45, 7) is 4.16. The number of sulfonamides is 1. The third-order valence-corrected chi connectivity index (χ3v) is 5.70. The SMILES string of the molecule is Cc1nc(CN(C)S(=O)(=O)Cc2ccccc2C)cs1. The van der Waals surface area contributed by atoms with Crippen LogP contribution in [0.25, 0.3) is 0 Å². The van der Waals surface area contributed by atoms with E-state index in [9.17, 15) is 8.42 Å². The summed E-state index contributed by atoms with van der Waals surface area (Å²) < 4.78 is 26.1. The fraction of sp³-hybridized carbons (Fsp3) is 0.357. The van der Waals surface area contributed by atoms with Crippen molar-refractivity contribution < 1.29 is 8.42 Å². The number of nitrogens with zero attached hydrogens (tertiary/aromatic N) is 2. The Hall–Kier alpha value is -1.24. The molecule has 0 unspecified atom stereocenters. The van der Waals surface area contributed by atoms with Crippen LogP contribution in [0.4, 0.5) is 0 Å². The van der Waals surface area contributed by atoms with E-state index in [0.717, 1.165) is 21.8 Å². The van der Waals surface area contributed by atoms with Gasteiger partial charge >= 0.3 is 0 Å². The second-order valence-corrected chi connectivity index (χ2v) is 7.93. The smallest absolute Gasteiger partial charge is 0.218 e. The van der Waals surface area contributed by atoms with Crippen molar-refractivity contribution in [2.24, 2.45) is 0 Å². The fourth-order valence-electron chi connectivity index (χ4n) is 1.89.